The van der Waals surface area contributed by atoms with E-state index in [1.54, 1.807) is 29.2 Å². The molecule has 172 valence electrons. The van der Waals surface area contributed by atoms with Crippen LogP contribution < -0.4 is 4.74 Å². The molecule has 32 heavy (non-hydrogen) atoms. The number of hydrogen-bond acceptors (Lipinski definition) is 5. The molecular formula is C22H24ClFN2O5S. The van der Waals surface area contributed by atoms with Gasteiger partial charge in [-0.15, -0.1) is 0 Å². The standard InChI is InChI=1S/C22H24ClFN2O5S/c23-19-3-1-2-4-21(19)32(28,29)26-13-14-30-20(15-26)22(27)25-11-9-18(10-12-25)31-17-7-5-16(24)6-8-17/h1-8,18,20H,9-15H2/t20-/m1/s1. The van der Waals surface area contributed by atoms with Gasteiger partial charge >= 0.3 is 0 Å². The first-order chi connectivity index (χ1) is 15.3. The first kappa shape index (κ1) is 23.0. The summed E-state index contributed by atoms with van der Waals surface area (Å²) in [5.41, 5.74) is 0. The van der Waals surface area contributed by atoms with Crippen LogP contribution in [0.2, 0.25) is 5.02 Å². The van der Waals surface area contributed by atoms with Crippen molar-refractivity contribution in [2.75, 3.05) is 32.8 Å². The minimum atomic E-state index is -3.83. The van der Waals surface area contributed by atoms with E-state index in [-0.39, 0.29) is 47.4 Å². The molecule has 2 fully saturated rings. The first-order valence-corrected chi connectivity index (χ1v) is 12.2. The number of piperidine rings is 1. The molecule has 7 nitrogen and oxygen atoms in total. The van der Waals surface area contributed by atoms with E-state index >= 15 is 0 Å². The van der Waals surface area contributed by atoms with Crippen LogP contribution in [-0.2, 0) is 19.6 Å². The van der Waals surface area contributed by atoms with E-state index in [4.69, 9.17) is 21.1 Å². The molecule has 2 heterocycles. The largest absolute Gasteiger partial charge is 0.490 e. The molecule has 0 bridgehead atoms. The summed E-state index contributed by atoms with van der Waals surface area (Å²) in [6, 6.07) is 12.1. The third-order valence-corrected chi connectivity index (χ3v) is 7.99. The lowest BCUT2D eigenvalue weighted by Gasteiger charge is -2.37. The van der Waals surface area contributed by atoms with Crippen LogP contribution >= 0.6 is 11.6 Å². The molecule has 0 saturated carbocycles. The summed E-state index contributed by atoms with van der Waals surface area (Å²) in [5, 5.41) is 0.144. The van der Waals surface area contributed by atoms with Crippen LogP contribution in [0.4, 0.5) is 4.39 Å². The average Bonchev–Trinajstić information content (AvgIpc) is 2.81. The van der Waals surface area contributed by atoms with E-state index in [0.29, 0.717) is 31.7 Å². The number of hydrogen-bond donors (Lipinski definition) is 0. The van der Waals surface area contributed by atoms with Crippen LogP contribution in [0, 0.1) is 5.82 Å². The lowest BCUT2D eigenvalue weighted by molar-refractivity contribution is -0.149. The second-order valence-corrected chi connectivity index (χ2v) is 10.1. The molecule has 0 spiro atoms. The van der Waals surface area contributed by atoms with E-state index in [0.717, 1.165) is 0 Å². The number of amides is 1. The monoisotopic (exact) mass is 482 g/mol. The molecule has 1 atom stereocenters. The average molecular weight is 483 g/mol. The highest BCUT2D eigenvalue weighted by Gasteiger charge is 2.37. The molecular weight excluding hydrogens is 459 g/mol. The van der Waals surface area contributed by atoms with Crippen LogP contribution in [0.3, 0.4) is 0 Å². The van der Waals surface area contributed by atoms with Crippen molar-refractivity contribution in [2.45, 2.75) is 29.9 Å². The Hall–Kier alpha value is -2.20. The topological polar surface area (TPSA) is 76.2 Å². The maximum absolute atomic E-state index is 13.0. The highest BCUT2D eigenvalue weighted by Crippen LogP contribution is 2.26. The number of halogens is 2. The molecule has 4 rings (SSSR count). The van der Waals surface area contributed by atoms with Crippen LogP contribution in [0.15, 0.2) is 53.4 Å². The molecule has 0 unspecified atom stereocenters. The van der Waals surface area contributed by atoms with Crippen LogP contribution in [-0.4, -0.2) is 68.5 Å². The number of morpholine rings is 1. The van der Waals surface area contributed by atoms with Gasteiger partial charge in [-0.05, 0) is 36.4 Å². The van der Waals surface area contributed by atoms with Gasteiger partial charge in [0, 0.05) is 39.0 Å². The third-order valence-electron chi connectivity index (χ3n) is 5.63. The van der Waals surface area contributed by atoms with E-state index in [1.165, 1.54) is 28.6 Å². The SMILES string of the molecule is O=C([C@H]1CN(S(=O)(=O)c2ccccc2Cl)CCO1)N1CCC(Oc2ccc(F)cc2)CC1. The Morgan fingerprint density at radius 1 is 1.06 bits per heavy atom. The molecule has 0 radical (unpaired) electrons. The smallest absolute Gasteiger partial charge is 0.253 e. The normalized spacial score (nSPS) is 20.8. The molecule has 2 aliphatic heterocycles. The third kappa shape index (κ3) is 5.06. The van der Waals surface area contributed by atoms with Gasteiger partial charge in [-0.3, -0.25) is 4.79 Å². The van der Waals surface area contributed by atoms with Crippen LogP contribution in [0.1, 0.15) is 12.8 Å². The fourth-order valence-corrected chi connectivity index (χ4v) is 5.81. The Bertz CT molecular complexity index is 1060. The molecule has 0 N–H and O–H groups in total. The van der Waals surface area contributed by atoms with Gasteiger partial charge in [0.25, 0.3) is 5.91 Å². The molecule has 1 amide bonds. The summed E-state index contributed by atoms with van der Waals surface area (Å²) in [5.74, 6) is 0.0346. The van der Waals surface area contributed by atoms with Gasteiger partial charge in [0.15, 0.2) is 0 Å². The number of ether oxygens (including phenoxy) is 2. The quantitative estimate of drug-likeness (QED) is 0.655. The van der Waals surface area contributed by atoms with Gasteiger partial charge in [-0.1, -0.05) is 23.7 Å². The zero-order valence-electron chi connectivity index (χ0n) is 17.3. The second-order valence-electron chi connectivity index (χ2n) is 7.75. The number of nitrogens with zero attached hydrogens (tertiary/aromatic N) is 2. The Morgan fingerprint density at radius 3 is 2.44 bits per heavy atom. The van der Waals surface area contributed by atoms with Crippen molar-refractivity contribution in [3.63, 3.8) is 0 Å². The Morgan fingerprint density at radius 2 is 1.75 bits per heavy atom. The van der Waals surface area contributed by atoms with Crippen molar-refractivity contribution < 1.29 is 27.1 Å². The summed E-state index contributed by atoms with van der Waals surface area (Å²) in [6.45, 7) is 1.18. The summed E-state index contributed by atoms with van der Waals surface area (Å²) in [7, 11) is -3.83. The Labute approximate surface area is 191 Å². The predicted octanol–water partition coefficient (Wildman–Crippen LogP) is 2.94. The lowest BCUT2D eigenvalue weighted by atomic mass is 10.1. The van der Waals surface area contributed by atoms with E-state index in [9.17, 15) is 17.6 Å². The van der Waals surface area contributed by atoms with Gasteiger partial charge in [-0.2, -0.15) is 4.31 Å². The predicted molar refractivity (Wildman–Crippen MR) is 117 cm³/mol. The van der Waals surface area contributed by atoms with Crippen molar-refractivity contribution in [2.24, 2.45) is 0 Å². The van der Waals surface area contributed by atoms with Crippen LogP contribution in [0.25, 0.3) is 0 Å². The van der Waals surface area contributed by atoms with Crippen LogP contribution in [0.5, 0.6) is 5.75 Å². The highest BCUT2D eigenvalue weighted by atomic mass is 35.5. The van der Waals surface area contributed by atoms with Crippen molar-refractivity contribution >= 4 is 27.5 Å². The van der Waals surface area contributed by atoms with Crippen molar-refractivity contribution in [1.29, 1.82) is 0 Å². The maximum atomic E-state index is 13.0. The number of likely N-dealkylation sites (tertiary alicyclic amines) is 1. The zero-order chi connectivity index (χ0) is 22.7. The van der Waals surface area contributed by atoms with Gasteiger partial charge < -0.3 is 14.4 Å². The molecule has 0 aliphatic carbocycles. The molecule has 2 aromatic rings. The van der Waals surface area contributed by atoms with Crippen molar-refractivity contribution in [1.82, 2.24) is 9.21 Å². The number of sulfonamides is 1. The number of rotatable bonds is 5. The lowest BCUT2D eigenvalue weighted by Crippen LogP contribution is -2.54. The molecule has 10 heteroatoms. The number of benzene rings is 2. The fraction of sp³-hybridized carbons (Fsp3) is 0.409. The number of carbonyl (C=O) groups excluding carboxylic acids is 1. The summed E-state index contributed by atoms with van der Waals surface area (Å²) in [4.78, 5) is 14.7. The molecule has 0 aromatic heterocycles. The van der Waals surface area contributed by atoms with Gasteiger partial charge in [0.05, 0.1) is 11.6 Å². The van der Waals surface area contributed by atoms with Crippen molar-refractivity contribution in [3.8, 4) is 5.75 Å². The molecule has 2 aromatic carbocycles. The van der Waals surface area contributed by atoms with E-state index in [2.05, 4.69) is 0 Å². The van der Waals surface area contributed by atoms with Crippen molar-refractivity contribution in [3.05, 3.63) is 59.4 Å². The van der Waals surface area contributed by atoms with E-state index in [1.807, 2.05) is 0 Å². The minimum absolute atomic E-state index is 0.0218. The summed E-state index contributed by atoms with van der Waals surface area (Å²) >= 11 is 6.09. The first-order valence-electron chi connectivity index (χ1n) is 10.4. The highest BCUT2D eigenvalue weighted by molar-refractivity contribution is 7.89. The minimum Gasteiger partial charge on any atom is -0.490 e. The Balaban J connectivity index is 1.35. The molecule has 2 saturated heterocycles. The Kier molecular flexibility index (Phi) is 6.99. The summed E-state index contributed by atoms with van der Waals surface area (Å²) in [6.07, 6.45) is 0.305. The number of carbonyl (C=O) groups is 1. The van der Waals surface area contributed by atoms with Gasteiger partial charge in [-0.25, -0.2) is 12.8 Å². The van der Waals surface area contributed by atoms with Gasteiger partial charge in [0.1, 0.15) is 28.7 Å². The van der Waals surface area contributed by atoms with Gasteiger partial charge in [0.2, 0.25) is 10.0 Å². The fourth-order valence-electron chi connectivity index (χ4n) is 3.89. The maximum Gasteiger partial charge on any atom is 0.253 e. The summed E-state index contributed by atoms with van der Waals surface area (Å²) < 4.78 is 51.8. The second kappa shape index (κ2) is 9.74. The van der Waals surface area contributed by atoms with E-state index < -0.39 is 16.1 Å². The zero-order valence-corrected chi connectivity index (χ0v) is 18.9. The molecule has 2 aliphatic rings.